The molecule has 2 N–H and O–H groups in total. The van der Waals surface area contributed by atoms with Crippen LogP contribution in [0.15, 0.2) is 36.4 Å². The topological polar surface area (TPSA) is 108 Å². The summed E-state index contributed by atoms with van der Waals surface area (Å²) in [5.74, 6) is -1.23. The lowest BCUT2D eigenvalue weighted by atomic mass is 10.0. The predicted octanol–water partition coefficient (Wildman–Crippen LogP) is 2.89. The molecule has 0 aromatic heterocycles. The van der Waals surface area contributed by atoms with Gasteiger partial charge in [0.1, 0.15) is 6.07 Å². The van der Waals surface area contributed by atoms with Crippen molar-refractivity contribution in [1.29, 1.82) is 5.26 Å². The van der Waals surface area contributed by atoms with E-state index < -0.39 is 18.5 Å². The molecule has 2 aromatic carbocycles. The molecule has 0 fully saturated rings. The second kappa shape index (κ2) is 7.89. The monoisotopic (exact) mass is 383 g/mol. The van der Waals surface area contributed by atoms with E-state index in [0.29, 0.717) is 35.3 Å². The fraction of sp³-hybridized carbons (Fsp3) is 0.158. The highest BCUT2D eigenvalue weighted by Gasteiger charge is 2.18. The molecule has 3 rings (SSSR count). The van der Waals surface area contributed by atoms with Crippen LogP contribution < -0.4 is 10.6 Å². The molecule has 0 saturated carbocycles. The van der Waals surface area contributed by atoms with Crippen LogP contribution in [0.3, 0.4) is 0 Å². The quantitative estimate of drug-likeness (QED) is 0.789. The summed E-state index contributed by atoms with van der Waals surface area (Å²) in [5.41, 5.74) is 2.52. The Morgan fingerprint density at radius 2 is 2.04 bits per heavy atom. The standard InChI is InChI=1S/C19H14ClN3O4/c20-15-8-14(4-1-13(15)9-21)22-18(25)10-27-19(26)12-2-5-16-11(7-12)3-6-17(24)23-16/h1-2,4-5,7-8H,3,6,10H2,(H,22,25)(H,23,24). The van der Waals surface area contributed by atoms with E-state index in [1.807, 2.05) is 6.07 Å². The van der Waals surface area contributed by atoms with Crippen LogP contribution in [0.1, 0.15) is 27.9 Å². The van der Waals surface area contributed by atoms with Crippen LogP contribution in [0.2, 0.25) is 5.02 Å². The number of fused-ring (bicyclic) bond motifs is 1. The van der Waals surface area contributed by atoms with Crippen molar-refractivity contribution in [2.45, 2.75) is 12.8 Å². The number of anilines is 2. The maximum atomic E-state index is 12.1. The number of aryl methyl sites for hydroxylation is 1. The number of esters is 1. The summed E-state index contributed by atoms with van der Waals surface area (Å²) in [6.07, 6.45) is 0.906. The van der Waals surface area contributed by atoms with E-state index in [2.05, 4.69) is 10.6 Å². The molecule has 2 amide bonds. The van der Waals surface area contributed by atoms with Crippen molar-refractivity contribution in [3.8, 4) is 6.07 Å². The van der Waals surface area contributed by atoms with Gasteiger partial charge in [0.2, 0.25) is 5.91 Å². The highest BCUT2D eigenvalue weighted by atomic mass is 35.5. The van der Waals surface area contributed by atoms with Crippen molar-refractivity contribution in [3.63, 3.8) is 0 Å². The summed E-state index contributed by atoms with van der Waals surface area (Å²) in [4.78, 5) is 35.4. The highest BCUT2D eigenvalue weighted by Crippen LogP contribution is 2.24. The largest absolute Gasteiger partial charge is 0.452 e. The van der Waals surface area contributed by atoms with Gasteiger partial charge in [-0.3, -0.25) is 9.59 Å². The Hall–Kier alpha value is -3.37. The zero-order valence-electron chi connectivity index (χ0n) is 14.0. The molecule has 1 heterocycles. The lowest BCUT2D eigenvalue weighted by Gasteiger charge is -2.17. The molecule has 0 unspecified atom stereocenters. The summed E-state index contributed by atoms with van der Waals surface area (Å²) < 4.78 is 5.03. The summed E-state index contributed by atoms with van der Waals surface area (Å²) >= 11 is 5.90. The Labute approximate surface area is 159 Å². The molecule has 0 radical (unpaired) electrons. The second-order valence-corrected chi connectivity index (χ2v) is 6.26. The first-order chi connectivity index (χ1) is 13.0. The van der Waals surface area contributed by atoms with Crippen molar-refractivity contribution < 1.29 is 19.1 Å². The van der Waals surface area contributed by atoms with Crippen molar-refractivity contribution in [2.75, 3.05) is 17.2 Å². The smallest absolute Gasteiger partial charge is 0.338 e. The molecule has 0 atom stereocenters. The number of rotatable bonds is 4. The third-order valence-electron chi connectivity index (χ3n) is 3.94. The Bertz CT molecular complexity index is 981. The van der Waals surface area contributed by atoms with Gasteiger partial charge in [0.15, 0.2) is 6.61 Å². The molecule has 136 valence electrons. The Morgan fingerprint density at radius 3 is 2.78 bits per heavy atom. The average molecular weight is 384 g/mol. The first kappa shape index (κ1) is 18.4. The zero-order valence-corrected chi connectivity index (χ0v) is 14.8. The lowest BCUT2D eigenvalue weighted by Crippen LogP contribution is -2.22. The van der Waals surface area contributed by atoms with Gasteiger partial charge >= 0.3 is 5.97 Å². The van der Waals surface area contributed by atoms with Gasteiger partial charge in [0.25, 0.3) is 5.91 Å². The minimum Gasteiger partial charge on any atom is -0.452 e. The number of ether oxygens (including phenoxy) is 1. The van der Waals surface area contributed by atoms with Crippen LogP contribution in [0.5, 0.6) is 0 Å². The number of carbonyl (C=O) groups is 3. The molecular weight excluding hydrogens is 370 g/mol. The molecule has 1 aliphatic rings. The third-order valence-corrected chi connectivity index (χ3v) is 4.26. The first-order valence-corrected chi connectivity index (χ1v) is 8.43. The zero-order chi connectivity index (χ0) is 19.4. The summed E-state index contributed by atoms with van der Waals surface area (Å²) in [6.45, 7) is -0.468. The normalized spacial score (nSPS) is 12.4. The molecular formula is C19H14ClN3O4. The predicted molar refractivity (Wildman–Crippen MR) is 98.5 cm³/mol. The number of nitrogens with zero attached hydrogens (tertiary/aromatic N) is 1. The van der Waals surface area contributed by atoms with Gasteiger partial charge in [-0.1, -0.05) is 11.6 Å². The van der Waals surface area contributed by atoms with Crippen LogP contribution >= 0.6 is 11.6 Å². The molecule has 8 heteroatoms. The summed E-state index contributed by atoms with van der Waals surface area (Å²) in [5, 5.41) is 14.3. The number of carbonyl (C=O) groups excluding carboxylic acids is 3. The molecule has 27 heavy (non-hydrogen) atoms. The lowest BCUT2D eigenvalue weighted by molar-refractivity contribution is -0.119. The molecule has 7 nitrogen and oxygen atoms in total. The van der Waals surface area contributed by atoms with Gasteiger partial charge in [-0.15, -0.1) is 0 Å². The number of hydrogen-bond acceptors (Lipinski definition) is 5. The van der Waals surface area contributed by atoms with Crippen molar-refractivity contribution in [3.05, 3.63) is 58.1 Å². The van der Waals surface area contributed by atoms with Gasteiger partial charge in [-0.25, -0.2) is 4.79 Å². The van der Waals surface area contributed by atoms with Crippen LogP contribution in [-0.2, 0) is 20.7 Å². The first-order valence-electron chi connectivity index (χ1n) is 8.05. The number of hydrogen-bond donors (Lipinski definition) is 2. The minimum atomic E-state index is -0.636. The molecule has 0 aliphatic carbocycles. The Morgan fingerprint density at radius 1 is 1.22 bits per heavy atom. The van der Waals surface area contributed by atoms with Gasteiger partial charge in [0.05, 0.1) is 16.1 Å². The number of nitriles is 1. The van der Waals surface area contributed by atoms with Crippen LogP contribution in [0, 0.1) is 11.3 Å². The van der Waals surface area contributed by atoms with E-state index in [1.54, 1.807) is 12.1 Å². The average Bonchev–Trinajstić information content (AvgIpc) is 2.66. The number of amides is 2. The maximum absolute atomic E-state index is 12.1. The maximum Gasteiger partial charge on any atom is 0.338 e. The summed E-state index contributed by atoms with van der Waals surface area (Å²) in [7, 11) is 0. The molecule has 2 aromatic rings. The van der Waals surface area contributed by atoms with Gasteiger partial charge < -0.3 is 15.4 Å². The molecule has 0 bridgehead atoms. The van der Waals surface area contributed by atoms with Gasteiger partial charge in [0, 0.05) is 17.8 Å². The van der Waals surface area contributed by atoms with E-state index in [0.717, 1.165) is 5.56 Å². The SMILES string of the molecule is N#Cc1ccc(NC(=O)COC(=O)c2ccc3c(c2)CCC(=O)N3)cc1Cl. The van der Waals surface area contributed by atoms with E-state index in [-0.39, 0.29) is 10.9 Å². The van der Waals surface area contributed by atoms with Crippen LogP contribution in [0.4, 0.5) is 11.4 Å². The fourth-order valence-corrected chi connectivity index (χ4v) is 2.83. The van der Waals surface area contributed by atoms with Crippen LogP contribution in [0.25, 0.3) is 0 Å². The number of halogens is 1. The van der Waals surface area contributed by atoms with E-state index in [4.69, 9.17) is 21.6 Å². The van der Waals surface area contributed by atoms with E-state index in [1.165, 1.54) is 24.3 Å². The van der Waals surface area contributed by atoms with Gasteiger partial charge in [-0.2, -0.15) is 5.26 Å². The third kappa shape index (κ3) is 4.43. The Balaban J connectivity index is 1.57. The van der Waals surface area contributed by atoms with E-state index >= 15 is 0 Å². The van der Waals surface area contributed by atoms with Crippen LogP contribution in [-0.4, -0.2) is 24.4 Å². The minimum absolute atomic E-state index is 0.0580. The van der Waals surface area contributed by atoms with Gasteiger partial charge in [-0.05, 0) is 48.4 Å². The summed E-state index contributed by atoms with van der Waals surface area (Å²) in [6, 6.07) is 11.2. The number of nitrogens with one attached hydrogen (secondary N) is 2. The fourth-order valence-electron chi connectivity index (χ4n) is 2.61. The van der Waals surface area contributed by atoms with Crippen molar-refractivity contribution >= 4 is 40.8 Å². The van der Waals surface area contributed by atoms with E-state index in [9.17, 15) is 14.4 Å². The number of benzene rings is 2. The molecule has 0 spiro atoms. The Kier molecular flexibility index (Phi) is 5.38. The van der Waals surface area contributed by atoms with Crippen molar-refractivity contribution in [1.82, 2.24) is 0 Å². The highest BCUT2D eigenvalue weighted by molar-refractivity contribution is 6.32. The van der Waals surface area contributed by atoms with Crippen molar-refractivity contribution in [2.24, 2.45) is 0 Å². The molecule has 1 aliphatic heterocycles. The second-order valence-electron chi connectivity index (χ2n) is 5.85. The molecule has 0 saturated heterocycles.